The maximum atomic E-state index is 11.3. The molecule has 0 unspecified atom stereocenters. The molecule has 0 amide bonds. The molecular weight excluding hydrogens is 192 g/mol. The fraction of sp³-hybridized carbons (Fsp3) is 0.556. The van der Waals surface area contributed by atoms with E-state index in [-0.39, 0.29) is 18.5 Å². The van der Waals surface area contributed by atoms with Crippen LogP contribution >= 0.6 is 11.6 Å². The summed E-state index contributed by atoms with van der Waals surface area (Å²) in [5.74, 6) is -0.652. The number of cyclic esters (lactones) is 1. The first-order valence-electron chi connectivity index (χ1n) is 4.18. The van der Waals surface area contributed by atoms with Crippen LogP contribution in [0.15, 0.2) is 12.2 Å². The van der Waals surface area contributed by atoms with Crippen LogP contribution in [0.2, 0.25) is 0 Å². The molecule has 2 atom stereocenters. The zero-order valence-electron chi connectivity index (χ0n) is 6.96. The highest BCUT2D eigenvalue weighted by molar-refractivity contribution is 6.65. The maximum Gasteiger partial charge on any atom is 0.310 e. The van der Waals surface area contributed by atoms with Gasteiger partial charge in [0.15, 0.2) is 0 Å². The Hall–Kier alpha value is -0.830. The van der Waals surface area contributed by atoms with Gasteiger partial charge in [0.1, 0.15) is 6.61 Å². The Balaban J connectivity index is 2.38. The Labute approximate surface area is 80.7 Å². The van der Waals surface area contributed by atoms with Gasteiger partial charge in [0.05, 0.1) is 11.3 Å². The molecule has 2 rings (SSSR count). The number of hydrogen-bond acceptors (Lipinski definition) is 3. The zero-order valence-corrected chi connectivity index (χ0v) is 7.71. The fourth-order valence-electron chi connectivity index (χ4n) is 1.95. The largest absolute Gasteiger partial charge is 0.464 e. The van der Waals surface area contributed by atoms with Gasteiger partial charge in [0, 0.05) is 0 Å². The lowest BCUT2D eigenvalue weighted by molar-refractivity contribution is -0.141. The van der Waals surface area contributed by atoms with Crippen molar-refractivity contribution in [1.82, 2.24) is 0 Å². The van der Waals surface area contributed by atoms with Crippen molar-refractivity contribution in [2.75, 3.05) is 6.61 Å². The van der Waals surface area contributed by atoms with Crippen molar-refractivity contribution in [2.45, 2.75) is 12.8 Å². The summed E-state index contributed by atoms with van der Waals surface area (Å²) < 4.78 is 4.88. The van der Waals surface area contributed by atoms with Crippen LogP contribution in [-0.4, -0.2) is 17.8 Å². The predicted molar refractivity (Wildman–Crippen MR) is 46.1 cm³/mol. The minimum Gasteiger partial charge on any atom is -0.464 e. The maximum absolute atomic E-state index is 11.3. The van der Waals surface area contributed by atoms with Crippen LogP contribution in [0, 0.1) is 11.3 Å². The van der Waals surface area contributed by atoms with Crippen LogP contribution in [0.4, 0.5) is 0 Å². The highest BCUT2D eigenvalue weighted by Gasteiger charge is 2.54. The second-order valence-corrected chi connectivity index (χ2v) is 3.84. The summed E-state index contributed by atoms with van der Waals surface area (Å²) >= 11 is 5.51. The number of esters is 1. The molecule has 1 aliphatic carbocycles. The minimum atomic E-state index is -0.770. The molecule has 0 aromatic rings. The normalized spacial score (nSPS) is 37.0. The SMILES string of the molecule is O=C1OC[C@]2(C(=O)Cl)CC=CC[C@H]12. The quantitative estimate of drug-likeness (QED) is 0.364. The third-order valence-electron chi connectivity index (χ3n) is 2.84. The van der Waals surface area contributed by atoms with E-state index < -0.39 is 10.7 Å². The van der Waals surface area contributed by atoms with E-state index in [2.05, 4.69) is 0 Å². The molecule has 0 aromatic heterocycles. The van der Waals surface area contributed by atoms with Crippen molar-refractivity contribution in [3.05, 3.63) is 12.2 Å². The van der Waals surface area contributed by atoms with Gasteiger partial charge in [-0.25, -0.2) is 0 Å². The molecule has 0 radical (unpaired) electrons. The second kappa shape index (κ2) is 2.84. The number of rotatable bonds is 1. The number of allylic oxidation sites excluding steroid dienone is 2. The Bertz CT molecular complexity index is 297. The van der Waals surface area contributed by atoms with E-state index >= 15 is 0 Å². The topological polar surface area (TPSA) is 43.4 Å². The summed E-state index contributed by atoms with van der Waals surface area (Å²) in [4.78, 5) is 22.5. The molecule has 0 saturated carbocycles. The van der Waals surface area contributed by atoms with Crippen molar-refractivity contribution in [2.24, 2.45) is 11.3 Å². The van der Waals surface area contributed by atoms with Gasteiger partial charge in [0.2, 0.25) is 5.24 Å². The van der Waals surface area contributed by atoms with E-state index in [1.807, 2.05) is 12.2 Å². The second-order valence-electron chi connectivity index (χ2n) is 3.50. The van der Waals surface area contributed by atoms with Gasteiger partial charge >= 0.3 is 5.97 Å². The molecule has 0 bridgehead atoms. The molecule has 13 heavy (non-hydrogen) atoms. The third kappa shape index (κ3) is 1.10. The molecule has 0 aromatic carbocycles. The standard InChI is InChI=1S/C9H9ClO3/c10-8(12)9-4-2-1-3-6(9)7(11)13-5-9/h1-2,6H,3-5H2/t6-,9-/m1/s1. The van der Waals surface area contributed by atoms with Crippen LogP contribution in [-0.2, 0) is 14.3 Å². The molecule has 2 aliphatic rings. The Kier molecular flexibility index (Phi) is 1.91. The Morgan fingerprint density at radius 2 is 2.38 bits per heavy atom. The summed E-state index contributed by atoms with van der Waals surface area (Å²) in [5.41, 5.74) is -0.770. The number of carbonyl (C=O) groups excluding carboxylic acids is 2. The van der Waals surface area contributed by atoms with Crippen LogP contribution in [0.5, 0.6) is 0 Å². The first kappa shape index (κ1) is 8.75. The van der Waals surface area contributed by atoms with E-state index in [1.165, 1.54) is 0 Å². The molecule has 70 valence electrons. The van der Waals surface area contributed by atoms with Gasteiger partial charge in [-0.3, -0.25) is 9.59 Å². The lowest BCUT2D eigenvalue weighted by atomic mass is 9.72. The van der Waals surface area contributed by atoms with E-state index in [4.69, 9.17) is 16.3 Å². The molecule has 1 fully saturated rings. The summed E-state index contributed by atoms with van der Waals surface area (Å²) in [6, 6.07) is 0. The minimum absolute atomic E-state index is 0.142. The lowest BCUT2D eigenvalue weighted by Gasteiger charge is -2.28. The van der Waals surface area contributed by atoms with Crippen LogP contribution in [0.3, 0.4) is 0 Å². The van der Waals surface area contributed by atoms with Crippen molar-refractivity contribution in [1.29, 1.82) is 0 Å². The summed E-state index contributed by atoms with van der Waals surface area (Å²) in [6.45, 7) is 0.142. The average molecular weight is 201 g/mol. The van der Waals surface area contributed by atoms with Crippen LogP contribution < -0.4 is 0 Å². The molecule has 0 N–H and O–H groups in total. The Morgan fingerprint density at radius 3 is 3.00 bits per heavy atom. The molecule has 4 heteroatoms. The smallest absolute Gasteiger partial charge is 0.310 e. The monoisotopic (exact) mass is 200 g/mol. The van der Waals surface area contributed by atoms with Crippen LogP contribution in [0.25, 0.3) is 0 Å². The number of ether oxygens (including phenoxy) is 1. The lowest BCUT2D eigenvalue weighted by Crippen LogP contribution is -2.37. The average Bonchev–Trinajstić information content (AvgIpc) is 2.46. The van der Waals surface area contributed by atoms with Gasteiger partial charge in [-0.1, -0.05) is 12.2 Å². The summed E-state index contributed by atoms with van der Waals surface area (Å²) in [6.07, 6.45) is 4.87. The number of hydrogen-bond donors (Lipinski definition) is 0. The van der Waals surface area contributed by atoms with Crippen molar-refractivity contribution in [3.8, 4) is 0 Å². The van der Waals surface area contributed by atoms with E-state index in [9.17, 15) is 9.59 Å². The third-order valence-corrected chi connectivity index (χ3v) is 3.21. The fourth-order valence-corrected chi connectivity index (χ4v) is 2.21. The molecule has 1 heterocycles. The molecular formula is C9H9ClO3. The molecule has 1 saturated heterocycles. The van der Waals surface area contributed by atoms with E-state index in [1.54, 1.807) is 0 Å². The Morgan fingerprint density at radius 1 is 1.62 bits per heavy atom. The van der Waals surface area contributed by atoms with Gasteiger partial charge < -0.3 is 4.74 Å². The predicted octanol–water partition coefficient (Wildman–Crippen LogP) is 1.26. The molecule has 0 spiro atoms. The van der Waals surface area contributed by atoms with Crippen molar-refractivity contribution >= 4 is 22.8 Å². The number of fused-ring (bicyclic) bond motifs is 1. The number of halogens is 1. The number of carbonyl (C=O) groups is 2. The molecule has 3 nitrogen and oxygen atoms in total. The van der Waals surface area contributed by atoms with Crippen molar-refractivity contribution < 1.29 is 14.3 Å². The van der Waals surface area contributed by atoms with Gasteiger partial charge in [-0.2, -0.15) is 0 Å². The van der Waals surface area contributed by atoms with Crippen molar-refractivity contribution in [3.63, 3.8) is 0 Å². The summed E-state index contributed by atoms with van der Waals surface area (Å²) in [7, 11) is 0. The first-order chi connectivity index (χ1) is 6.17. The first-order valence-corrected chi connectivity index (χ1v) is 4.56. The zero-order chi connectivity index (χ0) is 9.47. The van der Waals surface area contributed by atoms with Gasteiger partial charge in [-0.05, 0) is 24.4 Å². The van der Waals surface area contributed by atoms with E-state index in [0.717, 1.165) is 0 Å². The van der Waals surface area contributed by atoms with E-state index in [0.29, 0.717) is 12.8 Å². The highest BCUT2D eigenvalue weighted by Crippen LogP contribution is 2.45. The van der Waals surface area contributed by atoms with Crippen LogP contribution in [0.1, 0.15) is 12.8 Å². The summed E-state index contributed by atoms with van der Waals surface area (Å²) in [5, 5.41) is -0.451. The van der Waals surface area contributed by atoms with Gasteiger partial charge in [0.25, 0.3) is 0 Å². The van der Waals surface area contributed by atoms with Gasteiger partial charge in [-0.15, -0.1) is 0 Å². The molecule has 1 aliphatic heterocycles. The highest BCUT2D eigenvalue weighted by atomic mass is 35.5.